The fourth-order valence-electron chi connectivity index (χ4n) is 3.54. The highest BCUT2D eigenvalue weighted by Crippen LogP contribution is 2.49. The van der Waals surface area contributed by atoms with E-state index < -0.39 is 5.41 Å². The van der Waals surface area contributed by atoms with E-state index in [0.717, 1.165) is 37.2 Å². The predicted molar refractivity (Wildman–Crippen MR) is 98.9 cm³/mol. The first-order valence-electron chi connectivity index (χ1n) is 8.60. The van der Waals surface area contributed by atoms with Crippen molar-refractivity contribution in [1.82, 2.24) is 0 Å². The Bertz CT molecular complexity index is 746. The monoisotopic (exact) mass is 340 g/mol. The van der Waals surface area contributed by atoms with Gasteiger partial charge in [0, 0.05) is 29.5 Å². The Kier molecular flexibility index (Phi) is 3.97. The molecule has 1 amide bonds. The Morgan fingerprint density at radius 2 is 1.75 bits per heavy atom. The van der Waals surface area contributed by atoms with Gasteiger partial charge in [-0.05, 0) is 67.6 Å². The van der Waals surface area contributed by atoms with E-state index in [4.69, 9.17) is 11.6 Å². The van der Waals surface area contributed by atoms with Gasteiger partial charge in [0.1, 0.15) is 0 Å². The van der Waals surface area contributed by atoms with Crippen molar-refractivity contribution in [3.63, 3.8) is 0 Å². The van der Waals surface area contributed by atoms with Crippen molar-refractivity contribution in [2.75, 3.05) is 23.3 Å². The first kappa shape index (κ1) is 15.5. The van der Waals surface area contributed by atoms with Crippen LogP contribution in [0, 0.1) is 0 Å². The lowest BCUT2D eigenvalue weighted by Gasteiger charge is -2.19. The Labute approximate surface area is 147 Å². The fraction of sp³-hybridized carbons (Fsp3) is 0.350. The van der Waals surface area contributed by atoms with Gasteiger partial charge in [0.2, 0.25) is 5.91 Å². The molecule has 0 atom stereocenters. The van der Waals surface area contributed by atoms with Crippen molar-refractivity contribution in [3.05, 3.63) is 59.1 Å². The molecule has 1 saturated carbocycles. The number of carbonyl (C=O) groups is 1. The highest BCUT2D eigenvalue weighted by molar-refractivity contribution is 6.30. The van der Waals surface area contributed by atoms with Crippen molar-refractivity contribution in [2.45, 2.75) is 31.1 Å². The number of halogens is 1. The molecular weight excluding hydrogens is 320 g/mol. The van der Waals surface area contributed by atoms with Crippen LogP contribution in [0.25, 0.3) is 0 Å². The zero-order valence-electron chi connectivity index (χ0n) is 13.6. The molecule has 0 aromatic heterocycles. The van der Waals surface area contributed by atoms with E-state index in [1.165, 1.54) is 18.5 Å². The minimum absolute atomic E-state index is 0.0682. The average molecular weight is 341 g/mol. The molecule has 24 heavy (non-hydrogen) atoms. The molecule has 0 unspecified atom stereocenters. The molecule has 1 heterocycles. The summed E-state index contributed by atoms with van der Waals surface area (Å²) in [7, 11) is 0. The lowest BCUT2D eigenvalue weighted by atomic mass is 9.95. The first-order valence-corrected chi connectivity index (χ1v) is 8.98. The van der Waals surface area contributed by atoms with Crippen molar-refractivity contribution in [3.8, 4) is 0 Å². The van der Waals surface area contributed by atoms with Crippen LogP contribution < -0.4 is 10.2 Å². The Morgan fingerprint density at radius 1 is 1.04 bits per heavy atom. The molecule has 0 bridgehead atoms. The number of hydrogen-bond acceptors (Lipinski definition) is 2. The zero-order valence-corrected chi connectivity index (χ0v) is 14.4. The maximum Gasteiger partial charge on any atom is 0.235 e. The van der Waals surface area contributed by atoms with Crippen molar-refractivity contribution < 1.29 is 4.79 Å². The standard InChI is InChI=1S/C20H21ClN2O/c21-16-5-3-4-15(14-16)20(10-11-20)19(24)22-17-6-8-18(9-7-17)23-12-1-2-13-23/h3-9,14H,1-2,10-13H2,(H,22,24). The van der Waals surface area contributed by atoms with Crippen LogP contribution in [0.5, 0.6) is 0 Å². The quantitative estimate of drug-likeness (QED) is 0.881. The lowest BCUT2D eigenvalue weighted by Crippen LogP contribution is -2.27. The van der Waals surface area contributed by atoms with E-state index >= 15 is 0 Å². The smallest absolute Gasteiger partial charge is 0.235 e. The minimum Gasteiger partial charge on any atom is -0.372 e. The van der Waals surface area contributed by atoms with Gasteiger partial charge in [0.15, 0.2) is 0 Å². The number of benzene rings is 2. The molecule has 2 aromatic rings. The van der Waals surface area contributed by atoms with Gasteiger partial charge in [-0.15, -0.1) is 0 Å². The van der Waals surface area contributed by atoms with Crippen LogP contribution in [0.3, 0.4) is 0 Å². The maximum absolute atomic E-state index is 12.8. The average Bonchev–Trinajstić information content (AvgIpc) is 3.23. The normalized spacial score (nSPS) is 18.5. The van der Waals surface area contributed by atoms with Gasteiger partial charge in [-0.25, -0.2) is 0 Å². The molecule has 2 fully saturated rings. The Hall–Kier alpha value is -2.00. The second-order valence-corrected chi connectivity index (χ2v) is 7.22. The topological polar surface area (TPSA) is 32.3 Å². The molecule has 1 saturated heterocycles. The van der Waals surface area contributed by atoms with Crippen LogP contribution in [0.2, 0.25) is 5.02 Å². The second kappa shape index (κ2) is 6.14. The van der Waals surface area contributed by atoms with E-state index in [0.29, 0.717) is 5.02 Å². The molecule has 124 valence electrons. The molecule has 0 radical (unpaired) electrons. The SMILES string of the molecule is O=C(Nc1ccc(N2CCCC2)cc1)C1(c2cccc(Cl)c2)CC1. The summed E-state index contributed by atoms with van der Waals surface area (Å²) in [4.78, 5) is 15.2. The molecule has 2 aliphatic rings. The van der Waals surface area contributed by atoms with Crippen LogP contribution >= 0.6 is 11.6 Å². The van der Waals surface area contributed by atoms with E-state index in [-0.39, 0.29) is 5.91 Å². The molecule has 1 aliphatic heterocycles. The Balaban J connectivity index is 1.48. The molecule has 3 nitrogen and oxygen atoms in total. The summed E-state index contributed by atoms with van der Waals surface area (Å²) in [5, 5.41) is 3.76. The van der Waals surface area contributed by atoms with Crippen molar-refractivity contribution in [2.24, 2.45) is 0 Å². The third kappa shape index (κ3) is 2.89. The van der Waals surface area contributed by atoms with Crippen LogP contribution in [0.15, 0.2) is 48.5 Å². The molecule has 1 N–H and O–H groups in total. The van der Waals surface area contributed by atoms with Gasteiger partial charge in [-0.2, -0.15) is 0 Å². The molecule has 2 aromatic carbocycles. The Morgan fingerprint density at radius 3 is 2.38 bits per heavy atom. The summed E-state index contributed by atoms with van der Waals surface area (Å²) in [6, 6.07) is 15.9. The van der Waals surface area contributed by atoms with Gasteiger partial charge in [-0.3, -0.25) is 4.79 Å². The zero-order chi connectivity index (χ0) is 16.6. The van der Waals surface area contributed by atoms with Crippen LogP contribution in [-0.2, 0) is 10.2 Å². The fourth-order valence-corrected chi connectivity index (χ4v) is 3.73. The molecule has 4 rings (SSSR count). The van der Waals surface area contributed by atoms with Gasteiger partial charge in [0.05, 0.1) is 5.41 Å². The van der Waals surface area contributed by atoms with Gasteiger partial charge in [-0.1, -0.05) is 23.7 Å². The molecule has 4 heteroatoms. The second-order valence-electron chi connectivity index (χ2n) is 6.79. The highest BCUT2D eigenvalue weighted by atomic mass is 35.5. The van der Waals surface area contributed by atoms with Crippen LogP contribution in [-0.4, -0.2) is 19.0 Å². The summed E-state index contributed by atoms with van der Waals surface area (Å²) >= 11 is 6.09. The van der Waals surface area contributed by atoms with E-state index in [2.05, 4.69) is 22.3 Å². The van der Waals surface area contributed by atoms with Gasteiger partial charge < -0.3 is 10.2 Å². The van der Waals surface area contributed by atoms with Crippen LogP contribution in [0.4, 0.5) is 11.4 Å². The van der Waals surface area contributed by atoms with Gasteiger partial charge >= 0.3 is 0 Å². The first-order chi connectivity index (χ1) is 11.7. The summed E-state index contributed by atoms with van der Waals surface area (Å²) in [5.74, 6) is 0.0682. The number of nitrogens with one attached hydrogen (secondary N) is 1. The van der Waals surface area contributed by atoms with E-state index in [1.807, 2.05) is 36.4 Å². The van der Waals surface area contributed by atoms with E-state index in [9.17, 15) is 4.79 Å². The maximum atomic E-state index is 12.8. The summed E-state index contributed by atoms with van der Waals surface area (Å²) in [6.45, 7) is 2.26. The molecule has 1 aliphatic carbocycles. The number of nitrogens with zero attached hydrogens (tertiary/aromatic N) is 1. The number of anilines is 2. The minimum atomic E-state index is -0.404. The molecular formula is C20H21ClN2O. The third-order valence-electron chi connectivity index (χ3n) is 5.16. The molecule has 0 spiro atoms. The van der Waals surface area contributed by atoms with Crippen LogP contribution in [0.1, 0.15) is 31.2 Å². The lowest BCUT2D eigenvalue weighted by molar-refractivity contribution is -0.118. The largest absolute Gasteiger partial charge is 0.372 e. The van der Waals surface area contributed by atoms with Gasteiger partial charge in [0.25, 0.3) is 0 Å². The summed E-state index contributed by atoms with van der Waals surface area (Å²) in [5.41, 5.74) is 2.71. The number of amides is 1. The van der Waals surface area contributed by atoms with Crippen molar-refractivity contribution in [1.29, 1.82) is 0 Å². The number of rotatable bonds is 4. The van der Waals surface area contributed by atoms with Crippen molar-refractivity contribution >= 4 is 28.9 Å². The number of hydrogen-bond donors (Lipinski definition) is 1. The predicted octanol–water partition coefficient (Wildman–Crippen LogP) is 4.61. The number of carbonyl (C=O) groups excluding carboxylic acids is 1. The summed E-state index contributed by atoms with van der Waals surface area (Å²) in [6.07, 6.45) is 4.29. The van der Waals surface area contributed by atoms with E-state index in [1.54, 1.807) is 0 Å². The third-order valence-corrected chi connectivity index (χ3v) is 5.39. The summed E-state index contributed by atoms with van der Waals surface area (Å²) < 4.78 is 0. The highest BCUT2D eigenvalue weighted by Gasteiger charge is 2.51.